The molecule has 1 aromatic rings. The highest BCUT2D eigenvalue weighted by atomic mass is 35.5. The van der Waals surface area contributed by atoms with Crippen LogP contribution in [0.4, 0.5) is 0 Å². The van der Waals surface area contributed by atoms with Gasteiger partial charge >= 0.3 is 0 Å². The number of ether oxygens (including phenoxy) is 1. The minimum atomic E-state index is 0.0887. The summed E-state index contributed by atoms with van der Waals surface area (Å²) in [6.07, 6.45) is 0.917. The Morgan fingerprint density at radius 2 is 2.20 bits per heavy atom. The molecule has 0 fully saturated rings. The molecule has 1 aliphatic heterocycles. The lowest BCUT2D eigenvalue weighted by molar-refractivity contribution is 0.174. The van der Waals surface area contributed by atoms with E-state index in [0.29, 0.717) is 10.0 Å². The van der Waals surface area contributed by atoms with Gasteiger partial charge in [-0.25, -0.2) is 0 Å². The van der Waals surface area contributed by atoms with Crippen LogP contribution in [-0.4, -0.2) is 18.5 Å². The highest BCUT2D eigenvalue weighted by molar-refractivity contribution is 8.01. The van der Waals surface area contributed by atoms with Crippen molar-refractivity contribution in [2.75, 3.05) is 13.7 Å². The van der Waals surface area contributed by atoms with Crippen LogP contribution in [0.15, 0.2) is 17.0 Å². The van der Waals surface area contributed by atoms with Crippen molar-refractivity contribution in [2.45, 2.75) is 23.0 Å². The second-order valence-electron chi connectivity index (χ2n) is 4.00. The Bertz CT molecular complexity index is 394. The van der Waals surface area contributed by atoms with Crippen molar-refractivity contribution >= 4 is 35.0 Å². The largest absolute Gasteiger partial charge is 0.383 e. The Morgan fingerprint density at radius 1 is 1.47 bits per heavy atom. The molecule has 1 aliphatic rings. The lowest BCUT2D eigenvalue weighted by Gasteiger charge is -2.20. The van der Waals surface area contributed by atoms with Gasteiger partial charge in [-0.3, -0.25) is 0 Å². The molecule has 0 aliphatic carbocycles. The van der Waals surface area contributed by atoms with E-state index >= 15 is 0 Å². The molecule has 1 atom stereocenters. The monoisotopic (exact) mass is 262 g/mol. The molecule has 0 aromatic heterocycles. The molecule has 1 aromatic carbocycles. The zero-order chi connectivity index (χ0) is 11.1. The third kappa shape index (κ3) is 2.14. The van der Waals surface area contributed by atoms with Crippen LogP contribution in [0.5, 0.6) is 0 Å². The highest BCUT2D eigenvalue weighted by Crippen LogP contribution is 2.48. The van der Waals surface area contributed by atoms with Crippen molar-refractivity contribution in [2.24, 2.45) is 0 Å². The Kier molecular flexibility index (Phi) is 3.22. The Hall–Kier alpha value is 0.110. The smallest absolute Gasteiger partial charge is 0.0635 e. The van der Waals surface area contributed by atoms with E-state index in [1.807, 2.05) is 23.9 Å². The summed E-state index contributed by atoms with van der Waals surface area (Å²) < 4.78 is 5.32. The molecule has 1 unspecified atom stereocenters. The van der Waals surface area contributed by atoms with E-state index in [1.165, 1.54) is 4.90 Å². The number of thioether (sulfide) groups is 1. The number of hydrogen-bond acceptors (Lipinski definition) is 2. The molecule has 1 heterocycles. The normalized spacial score (nSPS) is 24.3. The average molecular weight is 263 g/mol. The van der Waals surface area contributed by atoms with Crippen LogP contribution in [0.1, 0.15) is 12.5 Å². The average Bonchev–Trinajstić information content (AvgIpc) is 2.50. The summed E-state index contributed by atoms with van der Waals surface area (Å²) in [5.41, 5.74) is 1.16. The van der Waals surface area contributed by atoms with Crippen LogP contribution >= 0.6 is 35.0 Å². The maximum Gasteiger partial charge on any atom is 0.0635 e. The fourth-order valence-corrected chi connectivity index (χ4v) is 3.72. The summed E-state index contributed by atoms with van der Waals surface area (Å²) in [4.78, 5) is 1.23. The number of rotatable bonds is 2. The van der Waals surface area contributed by atoms with Gasteiger partial charge in [0.1, 0.15) is 0 Å². The van der Waals surface area contributed by atoms with Gasteiger partial charge < -0.3 is 4.74 Å². The standard InChI is InChI=1S/C11H12Cl2OS/c1-11(6-14-2)5-7-9(15-11)4-3-8(12)10(7)13/h3-4H,5-6H2,1-2H3. The Labute approximate surface area is 104 Å². The molecular weight excluding hydrogens is 251 g/mol. The van der Waals surface area contributed by atoms with E-state index in [9.17, 15) is 0 Å². The molecule has 82 valence electrons. The zero-order valence-corrected chi connectivity index (χ0v) is 11.0. The molecule has 0 spiro atoms. The molecule has 0 N–H and O–H groups in total. The molecule has 0 bridgehead atoms. The van der Waals surface area contributed by atoms with Gasteiger partial charge in [-0.05, 0) is 31.0 Å². The van der Waals surface area contributed by atoms with Crippen molar-refractivity contribution in [3.63, 3.8) is 0 Å². The van der Waals surface area contributed by atoms with Gasteiger partial charge in [-0.1, -0.05) is 23.2 Å². The van der Waals surface area contributed by atoms with Crippen LogP contribution in [0.3, 0.4) is 0 Å². The molecule has 1 nitrogen and oxygen atoms in total. The fraction of sp³-hybridized carbons (Fsp3) is 0.455. The molecule has 15 heavy (non-hydrogen) atoms. The van der Waals surface area contributed by atoms with E-state index in [1.54, 1.807) is 7.11 Å². The molecule has 4 heteroatoms. The van der Waals surface area contributed by atoms with Crippen LogP contribution in [0.2, 0.25) is 10.0 Å². The number of benzene rings is 1. The number of hydrogen-bond donors (Lipinski definition) is 0. The van der Waals surface area contributed by atoms with Crippen molar-refractivity contribution in [1.82, 2.24) is 0 Å². The van der Waals surface area contributed by atoms with Gasteiger partial charge in [0, 0.05) is 16.8 Å². The minimum Gasteiger partial charge on any atom is -0.383 e. The van der Waals surface area contributed by atoms with Gasteiger partial charge in [0.2, 0.25) is 0 Å². The second-order valence-corrected chi connectivity index (χ2v) is 6.41. The lowest BCUT2D eigenvalue weighted by Crippen LogP contribution is -2.25. The SMILES string of the molecule is COCC1(C)Cc2c(ccc(Cl)c2Cl)S1. The lowest BCUT2D eigenvalue weighted by atomic mass is 10.0. The van der Waals surface area contributed by atoms with Crippen molar-refractivity contribution in [3.8, 4) is 0 Å². The highest BCUT2D eigenvalue weighted by Gasteiger charge is 2.35. The number of fused-ring (bicyclic) bond motifs is 1. The summed E-state index contributed by atoms with van der Waals surface area (Å²) in [7, 11) is 1.73. The van der Waals surface area contributed by atoms with Gasteiger partial charge in [0.15, 0.2) is 0 Å². The molecule has 0 saturated heterocycles. The molecule has 0 radical (unpaired) electrons. The van der Waals surface area contributed by atoms with E-state index < -0.39 is 0 Å². The topological polar surface area (TPSA) is 9.23 Å². The van der Waals surface area contributed by atoms with Gasteiger partial charge in [-0.15, -0.1) is 11.8 Å². The maximum absolute atomic E-state index is 6.18. The number of halogens is 2. The molecular formula is C11H12Cl2OS. The van der Waals surface area contributed by atoms with Crippen LogP contribution in [0.25, 0.3) is 0 Å². The summed E-state index contributed by atoms with van der Waals surface area (Å²) in [5.74, 6) is 0. The summed E-state index contributed by atoms with van der Waals surface area (Å²) >= 11 is 14.0. The third-order valence-corrected chi connectivity index (χ3v) is 4.71. The zero-order valence-electron chi connectivity index (χ0n) is 8.64. The van der Waals surface area contributed by atoms with Crippen LogP contribution in [-0.2, 0) is 11.2 Å². The first-order valence-corrected chi connectivity index (χ1v) is 6.28. The molecule has 0 amide bonds. The number of methoxy groups -OCH3 is 1. The van der Waals surface area contributed by atoms with E-state index in [4.69, 9.17) is 27.9 Å². The van der Waals surface area contributed by atoms with Crippen molar-refractivity contribution in [3.05, 3.63) is 27.7 Å². The minimum absolute atomic E-state index is 0.0887. The predicted molar refractivity (Wildman–Crippen MR) is 66.3 cm³/mol. The molecule has 2 rings (SSSR count). The quantitative estimate of drug-likeness (QED) is 0.796. The summed E-state index contributed by atoms with van der Waals surface area (Å²) in [6, 6.07) is 3.89. The fourth-order valence-electron chi connectivity index (χ4n) is 1.90. The first-order chi connectivity index (χ1) is 7.06. The van der Waals surface area contributed by atoms with Crippen molar-refractivity contribution in [1.29, 1.82) is 0 Å². The first-order valence-electron chi connectivity index (χ1n) is 4.70. The third-order valence-electron chi connectivity index (χ3n) is 2.51. The molecule has 0 saturated carbocycles. The summed E-state index contributed by atoms with van der Waals surface area (Å²) in [6.45, 7) is 2.91. The predicted octanol–water partition coefficient (Wildman–Crippen LogP) is 4.05. The first kappa shape index (κ1) is 11.6. The second kappa shape index (κ2) is 4.17. The van der Waals surface area contributed by atoms with Crippen molar-refractivity contribution < 1.29 is 4.74 Å². The van der Waals surface area contributed by atoms with Crippen LogP contribution < -0.4 is 0 Å². The summed E-state index contributed by atoms with van der Waals surface area (Å²) in [5, 5.41) is 1.33. The van der Waals surface area contributed by atoms with E-state index in [0.717, 1.165) is 18.6 Å². The Morgan fingerprint density at radius 3 is 2.87 bits per heavy atom. The maximum atomic E-state index is 6.18. The van der Waals surface area contributed by atoms with Gasteiger partial charge in [0.05, 0.1) is 16.7 Å². The van der Waals surface area contributed by atoms with Gasteiger partial charge in [0.25, 0.3) is 0 Å². The Balaban J connectivity index is 2.35. The van der Waals surface area contributed by atoms with Gasteiger partial charge in [-0.2, -0.15) is 0 Å². The van der Waals surface area contributed by atoms with Crippen LogP contribution in [0, 0.1) is 0 Å². The van der Waals surface area contributed by atoms with E-state index in [2.05, 4.69) is 6.92 Å². The van der Waals surface area contributed by atoms with E-state index in [-0.39, 0.29) is 4.75 Å².